The van der Waals surface area contributed by atoms with Crippen LogP contribution in [0.1, 0.15) is 46.6 Å². The molecule has 35 heavy (non-hydrogen) atoms. The zero-order valence-corrected chi connectivity index (χ0v) is 21.4. The average molecular weight is 481 g/mol. The van der Waals surface area contributed by atoms with Crippen LogP contribution in [0.3, 0.4) is 0 Å². The zero-order valence-electron chi connectivity index (χ0n) is 21.4. The number of Topliss-reactive ketones (excluding diaryl/α,β-unsaturated/α-hetero) is 1. The number of hydrogen-bond acceptors (Lipinski definition) is 4. The Morgan fingerprint density at radius 3 is 2.43 bits per heavy atom. The number of benzene rings is 1. The first-order valence-electron chi connectivity index (χ1n) is 12.0. The third-order valence-electron chi connectivity index (χ3n) is 6.50. The Hall–Kier alpha value is -3.41. The standard InChI is InChI=1S/C29H37FN2O3/c1-7-18(5)24(26(15-31)29(32)34)10-11-25(19(6)17(3)4)23(8-2)28(33)21-13-20-14-22(30)9-12-27(20)35-16-21/h8-12,14-15,17-18,21H,6-7,13,16,31H2,1-5H3,(H2,32,34)/b23-8+,24-10+,25-11+,26-15-. The summed E-state index contributed by atoms with van der Waals surface area (Å²) >= 11 is 0. The van der Waals surface area contributed by atoms with E-state index in [9.17, 15) is 14.0 Å². The number of primary amides is 1. The summed E-state index contributed by atoms with van der Waals surface area (Å²) in [5.74, 6) is -0.827. The Morgan fingerprint density at radius 1 is 1.20 bits per heavy atom. The summed E-state index contributed by atoms with van der Waals surface area (Å²) in [5, 5.41) is 0. The van der Waals surface area contributed by atoms with Gasteiger partial charge >= 0.3 is 0 Å². The lowest BCUT2D eigenvalue weighted by Crippen LogP contribution is -2.30. The molecule has 0 aliphatic carbocycles. The van der Waals surface area contributed by atoms with Crippen LogP contribution in [0.5, 0.6) is 5.75 Å². The van der Waals surface area contributed by atoms with Crippen molar-refractivity contribution in [3.05, 3.63) is 88.5 Å². The molecule has 2 unspecified atom stereocenters. The molecule has 2 rings (SSSR count). The van der Waals surface area contributed by atoms with Crippen LogP contribution in [0.25, 0.3) is 0 Å². The molecule has 1 amide bonds. The molecule has 0 saturated heterocycles. The summed E-state index contributed by atoms with van der Waals surface area (Å²) in [4.78, 5) is 25.7. The Kier molecular flexibility index (Phi) is 9.81. The van der Waals surface area contributed by atoms with Crippen molar-refractivity contribution in [2.24, 2.45) is 29.2 Å². The van der Waals surface area contributed by atoms with E-state index in [-0.39, 0.29) is 35.6 Å². The molecule has 2 atom stereocenters. The third-order valence-corrected chi connectivity index (χ3v) is 6.50. The molecule has 188 valence electrons. The maximum Gasteiger partial charge on any atom is 0.250 e. The van der Waals surface area contributed by atoms with Crippen molar-refractivity contribution in [3.8, 4) is 5.75 Å². The maximum absolute atomic E-state index is 13.8. The average Bonchev–Trinajstić information content (AvgIpc) is 2.83. The number of nitrogens with two attached hydrogens (primary N) is 2. The first-order chi connectivity index (χ1) is 16.5. The van der Waals surface area contributed by atoms with Gasteiger partial charge in [-0.25, -0.2) is 4.39 Å². The van der Waals surface area contributed by atoms with Crippen molar-refractivity contribution in [2.75, 3.05) is 6.61 Å². The molecule has 0 fully saturated rings. The van der Waals surface area contributed by atoms with Crippen LogP contribution in [-0.4, -0.2) is 18.3 Å². The predicted molar refractivity (Wildman–Crippen MR) is 139 cm³/mol. The first kappa shape index (κ1) is 27.8. The Labute approximate surface area is 208 Å². The zero-order chi connectivity index (χ0) is 26.3. The number of amides is 1. The fourth-order valence-corrected chi connectivity index (χ4v) is 4.10. The van der Waals surface area contributed by atoms with E-state index in [1.54, 1.807) is 25.1 Å². The van der Waals surface area contributed by atoms with Gasteiger partial charge < -0.3 is 16.2 Å². The molecule has 1 heterocycles. The number of halogens is 1. The van der Waals surface area contributed by atoms with E-state index in [0.717, 1.165) is 12.0 Å². The highest BCUT2D eigenvalue weighted by molar-refractivity contribution is 6.03. The van der Waals surface area contributed by atoms with Crippen LogP contribution >= 0.6 is 0 Å². The molecule has 1 aliphatic heterocycles. The minimum Gasteiger partial charge on any atom is -0.493 e. The summed E-state index contributed by atoms with van der Waals surface area (Å²) in [6.07, 6.45) is 7.78. The molecule has 0 aromatic heterocycles. The molecule has 6 heteroatoms. The molecular formula is C29H37FN2O3. The highest BCUT2D eigenvalue weighted by Gasteiger charge is 2.30. The van der Waals surface area contributed by atoms with Crippen molar-refractivity contribution in [3.63, 3.8) is 0 Å². The smallest absolute Gasteiger partial charge is 0.250 e. The molecular weight excluding hydrogens is 443 g/mol. The van der Waals surface area contributed by atoms with Crippen LogP contribution in [-0.2, 0) is 16.0 Å². The van der Waals surface area contributed by atoms with Crippen molar-refractivity contribution >= 4 is 11.7 Å². The largest absolute Gasteiger partial charge is 0.493 e. The monoisotopic (exact) mass is 480 g/mol. The number of carbonyl (C=O) groups is 2. The van der Waals surface area contributed by atoms with Gasteiger partial charge in [0, 0.05) is 11.8 Å². The van der Waals surface area contributed by atoms with Crippen molar-refractivity contribution in [1.29, 1.82) is 0 Å². The van der Waals surface area contributed by atoms with Crippen LogP contribution in [0.2, 0.25) is 0 Å². The molecule has 0 spiro atoms. The van der Waals surface area contributed by atoms with E-state index in [1.807, 2.05) is 33.8 Å². The first-order valence-corrected chi connectivity index (χ1v) is 12.0. The number of ether oxygens (including phenoxy) is 1. The fourth-order valence-electron chi connectivity index (χ4n) is 4.10. The minimum atomic E-state index is -0.607. The second kappa shape index (κ2) is 12.3. The van der Waals surface area contributed by atoms with Gasteiger partial charge in [0.2, 0.25) is 5.91 Å². The van der Waals surface area contributed by atoms with Gasteiger partial charge in [-0.15, -0.1) is 0 Å². The van der Waals surface area contributed by atoms with E-state index in [0.29, 0.717) is 34.5 Å². The third kappa shape index (κ3) is 6.59. The van der Waals surface area contributed by atoms with E-state index in [2.05, 4.69) is 6.58 Å². The molecule has 5 nitrogen and oxygen atoms in total. The van der Waals surface area contributed by atoms with Crippen LogP contribution in [0.4, 0.5) is 4.39 Å². The molecule has 0 saturated carbocycles. The highest BCUT2D eigenvalue weighted by Crippen LogP contribution is 2.33. The van der Waals surface area contributed by atoms with Crippen LogP contribution < -0.4 is 16.2 Å². The molecule has 4 N–H and O–H groups in total. The summed E-state index contributed by atoms with van der Waals surface area (Å²) in [7, 11) is 0. The Balaban J connectivity index is 2.53. The van der Waals surface area contributed by atoms with E-state index in [4.69, 9.17) is 16.2 Å². The SMILES string of the molecule is C=C(C(=C\C=C(\C(=C\N)C(N)=O)C(C)CC)/C(=C\C)C(=O)C1COc2ccc(F)cc2C1)C(C)C. The topological polar surface area (TPSA) is 95.4 Å². The lowest BCUT2D eigenvalue weighted by atomic mass is 9.82. The van der Waals surface area contributed by atoms with Gasteiger partial charge in [0.15, 0.2) is 5.78 Å². The maximum atomic E-state index is 13.8. The fraction of sp³-hybridized carbons (Fsp3) is 0.379. The van der Waals surface area contributed by atoms with Crippen molar-refractivity contribution in [1.82, 2.24) is 0 Å². The lowest BCUT2D eigenvalue weighted by Gasteiger charge is -2.26. The van der Waals surface area contributed by atoms with E-state index >= 15 is 0 Å². The van der Waals surface area contributed by atoms with E-state index in [1.165, 1.54) is 18.3 Å². The molecule has 1 aromatic rings. The lowest BCUT2D eigenvalue weighted by molar-refractivity contribution is -0.120. The van der Waals surface area contributed by atoms with E-state index < -0.39 is 11.8 Å². The Bertz CT molecular complexity index is 1110. The summed E-state index contributed by atoms with van der Waals surface area (Å²) < 4.78 is 19.5. The van der Waals surface area contributed by atoms with Gasteiger partial charge in [-0.1, -0.05) is 52.5 Å². The number of carbonyl (C=O) groups excluding carboxylic acids is 2. The quantitative estimate of drug-likeness (QED) is 0.349. The number of rotatable bonds is 10. The normalized spacial score (nSPS) is 18.1. The molecule has 1 aromatic carbocycles. The predicted octanol–water partition coefficient (Wildman–Crippen LogP) is 5.33. The highest BCUT2D eigenvalue weighted by atomic mass is 19.1. The Morgan fingerprint density at radius 2 is 1.89 bits per heavy atom. The van der Waals surface area contributed by atoms with Crippen molar-refractivity contribution < 1.29 is 18.7 Å². The van der Waals surface area contributed by atoms with Gasteiger partial charge in [-0.3, -0.25) is 9.59 Å². The number of allylic oxidation sites excluding steroid dienone is 6. The summed E-state index contributed by atoms with van der Waals surface area (Å²) in [6, 6.07) is 4.36. The van der Waals surface area contributed by atoms with Gasteiger partial charge in [-0.05, 0) is 72.1 Å². The van der Waals surface area contributed by atoms with Gasteiger partial charge in [-0.2, -0.15) is 0 Å². The summed E-state index contributed by atoms with van der Waals surface area (Å²) in [5.41, 5.74) is 14.9. The second-order valence-electron chi connectivity index (χ2n) is 9.17. The molecule has 0 radical (unpaired) electrons. The van der Waals surface area contributed by atoms with Crippen molar-refractivity contribution in [2.45, 2.75) is 47.5 Å². The van der Waals surface area contributed by atoms with Gasteiger partial charge in [0.05, 0.1) is 18.1 Å². The molecule has 0 bridgehead atoms. The minimum absolute atomic E-state index is 0.0185. The second-order valence-corrected chi connectivity index (χ2v) is 9.17. The van der Waals surface area contributed by atoms with Gasteiger partial charge in [0.25, 0.3) is 0 Å². The number of hydrogen-bond donors (Lipinski definition) is 2. The van der Waals surface area contributed by atoms with Crippen LogP contribution in [0, 0.1) is 23.6 Å². The molecule has 1 aliphatic rings. The summed E-state index contributed by atoms with van der Waals surface area (Å²) in [6.45, 7) is 14.3. The number of ketones is 1. The van der Waals surface area contributed by atoms with Gasteiger partial charge in [0.1, 0.15) is 11.6 Å². The number of fused-ring (bicyclic) bond motifs is 1. The van der Waals surface area contributed by atoms with Crippen LogP contribution in [0.15, 0.2) is 77.1 Å².